The molecule has 0 amide bonds. The van der Waals surface area contributed by atoms with Crippen LogP contribution in [0.2, 0.25) is 10.0 Å². The standard InChI is InChI=1S/C34H31Cl2IN2O6S/c1-6-43-33(41)29-19(4)38-34-39(30(29)22-9-7-8-10-26(22)45-18(2)3)32(40)28(46-34)16-21-14-25(37)31(27(15-21)42-5)44-17-20-11-12-23(35)24(36)13-20/h7-16,18,30H,6,17H2,1-5H3/b28-16+/t30-/m1/s1. The molecule has 2 heterocycles. The number of methoxy groups -OCH3 is 1. The molecule has 1 aliphatic rings. The number of rotatable bonds is 10. The number of esters is 1. The number of benzene rings is 3. The van der Waals surface area contributed by atoms with Gasteiger partial charge in [0.1, 0.15) is 18.4 Å². The summed E-state index contributed by atoms with van der Waals surface area (Å²) in [7, 11) is 1.56. The van der Waals surface area contributed by atoms with E-state index >= 15 is 0 Å². The Morgan fingerprint density at radius 2 is 1.87 bits per heavy atom. The maximum Gasteiger partial charge on any atom is 0.338 e. The van der Waals surface area contributed by atoms with Crippen molar-refractivity contribution in [3.8, 4) is 17.2 Å². The SMILES string of the molecule is CCOC(=O)C1=C(C)N=c2s/c(=C/c3cc(I)c(OCc4ccc(Cl)c(Cl)c4)c(OC)c3)c(=O)n2[C@@H]1c1ccccc1OC(C)C. The van der Waals surface area contributed by atoms with Crippen LogP contribution in [-0.2, 0) is 16.1 Å². The Morgan fingerprint density at radius 1 is 1.11 bits per heavy atom. The second-order valence-electron chi connectivity index (χ2n) is 10.6. The lowest BCUT2D eigenvalue weighted by molar-refractivity contribution is -0.139. The normalized spacial score (nSPS) is 14.6. The quantitative estimate of drug-likeness (QED) is 0.126. The molecule has 1 aliphatic heterocycles. The first-order chi connectivity index (χ1) is 22.0. The monoisotopic (exact) mass is 792 g/mol. The van der Waals surface area contributed by atoms with Gasteiger partial charge in [-0.1, -0.05) is 58.8 Å². The van der Waals surface area contributed by atoms with Gasteiger partial charge in [0.15, 0.2) is 16.3 Å². The van der Waals surface area contributed by atoms with Crippen molar-refractivity contribution in [1.29, 1.82) is 0 Å². The second-order valence-corrected chi connectivity index (χ2v) is 13.6. The predicted molar refractivity (Wildman–Crippen MR) is 189 cm³/mol. The van der Waals surface area contributed by atoms with Crippen LogP contribution in [0.15, 0.2) is 75.7 Å². The lowest BCUT2D eigenvalue weighted by Gasteiger charge is -2.26. The van der Waals surface area contributed by atoms with Crippen LogP contribution in [0.5, 0.6) is 17.2 Å². The molecule has 5 rings (SSSR count). The van der Waals surface area contributed by atoms with E-state index in [0.717, 1.165) is 14.7 Å². The van der Waals surface area contributed by atoms with Gasteiger partial charge in [-0.05, 0) is 97.8 Å². The van der Waals surface area contributed by atoms with Crippen LogP contribution in [0, 0.1) is 3.57 Å². The zero-order chi connectivity index (χ0) is 33.1. The van der Waals surface area contributed by atoms with Crippen LogP contribution in [0.4, 0.5) is 0 Å². The van der Waals surface area contributed by atoms with E-state index in [1.165, 1.54) is 11.3 Å². The van der Waals surface area contributed by atoms with Crippen molar-refractivity contribution in [1.82, 2.24) is 4.57 Å². The number of hydrogen-bond acceptors (Lipinski definition) is 8. The maximum atomic E-state index is 14.2. The fourth-order valence-electron chi connectivity index (χ4n) is 5.05. The van der Waals surface area contributed by atoms with Crippen molar-refractivity contribution in [2.45, 2.75) is 46.4 Å². The van der Waals surface area contributed by atoms with Gasteiger partial charge in [-0.2, -0.15) is 0 Å². The van der Waals surface area contributed by atoms with Gasteiger partial charge in [-0.15, -0.1) is 0 Å². The van der Waals surface area contributed by atoms with Gasteiger partial charge in [0.05, 0.1) is 49.2 Å². The van der Waals surface area contributed by atoms with Gasteiger partial charge < -0.3 is 18.9 Å². The van der Waals surface area contributed by atoms with E-state index in [-0.39, 0.29) is 24.9 Å². The highest BCUT2D eigenvalue weighted by atomic mass is 127. The summed E-state index contributed by atoms with van der Waals surface area (Å²) in [6.45, 7) is 7.79. The second kappa shape index (κ2) is 14.6. The first-order valence-electron chi connectivity index (χ1n) is 14.4. The molecule has 0 saturated heterocycles. The Kier molecular flexibility index (Phi) is 10.8. The van der Waals surface area contributed by atoms with Crippen molar-refractivity contribution in [3.63, 3.8) is 0 Å². The molecule has 240 valence electrons. The zero-order valence-corrected chi connectivity index (χ0v) is 30.2. The molecule has 8 nitrogen and oxygen atoms in total. The molecule has 0 spiro atoms. The van der Waals surface area contributed by atoms with Gasteiger partial charge in [-0.25, -0.2) is 9.79 Å². The molecular formula is C34H31Cl2IN2O6S. The Bertz CT molecular complexity index is 2020. The van der Waals surface area contributed by atoms with Gasteiger partial charge in [0, 0.05) is 5.56 Å². The molecule has 0 bridgehead atoms. The summed E-state index contributed by atoms with van der Waals surface area (Å²) in [4.78, 5) is 32.6. The lowest BCUT2D eigenvalue weighted by atomic mass is 9.95. The first kappa shape index (κ1) is 34.0. The van der Waals surface area contributed by atoms with Crippen molar-refractivity contribution in [2.75, 3.05) is 13.7 Å². The Hall–Kier alpha value is -3.32. The van der Waals surface area contributed by atoms with E-state index in [0.29, 0.717) is 53.5 Å². The third-order valence-electron chi connectivity index (χ3n) is 7.01. The molecule has 46 heavy (non-hydrogen) atoms. The minimum Gasteiger partial charge on any atom is -0.493 e. The van der Waals surface area contributed by atoms with Crippen LogP contribution >= 0.6 is 57.1 Å². The number of halogens is 3. The number of carbonyl (C=O) groups is 1. The molecule has 12 heteroatoms. The molecule has 3 aromatic carbocycles. The van der Waals surface area contributed by atoms with E-state index in [2.05, 4.69) is 27.6 Å². The fraction of sp³-hybridized carbons (Fsp3) is 0.265. The highest BCUT2D eigenvalue weighted by Crippen LogP contribution is 2.37. The van der Waals surface area contributed by atoms with Gasteiger partial charge >= 0.3 is 5.97 Å². The molecule has 0 radical (unpaired) electrons. The maximum absolute atomic E-state index is 14.2. The summed E-state index contributed by atoms with van der Waals surface area (Å²) in [5.41, 5.74) is 2.73. The van der Waals surface area contributed by atoms with Crippen LogP contribution < -0.4 is 29.1 Å². The average molecular weight is 794 g/mol. The Morgan fingerprint density at radius 3 is 2.57 bits per heavy atom. The molecule has 0 unspecified atom stereocenters. The van der Waals surface area contributed by atoms with Crippen molar-refractivity contribution >= 4 is 69.2 Å². The molecule has 1 aromatic heterocycles. The molecule has 0 saturated carbocycles. The fourth-order valence-corrected chi connectivity index (χ4v) is 7.20. The number of allylic oxidation sites excluding steroid dienone is 1. The van der Waals surface area contributed by atoms with Gasteiger partial charge in [0.25, 0.3) is 5.56 Å². The number of aromatic nitrogens is 1. The topological polar surface area (TPSA) is 88.4 Å². The Balaban J connectivity index is 1.59. The summed E-state index contributed by atoms with van der Waals surface area (Å²) in [6.07, 6.45) is 1.66. The van der Waals surface area contributed by atoms with Gasteiger partial charge in [0.2, 0.25) is 0 Å². The molecular weight excluding hydrogens is 762 g/mol. The van der Waals surface area contributed by atoms with E-state index in [1.807, 2.05) is 56.3 Å². The molecule has 0 N–H and O–H groups in total. The van der Waals surface area contributed by atoms with E-state index in [4.69, 9.17) is 42.1 Å². The lowest BCUT2D eigenvalue weighted by Crippen LogP contribution is -2.40. The molecule has 0 fully saturated rings. The summed E-state index contributed by atoms with van der Waals surface area (Å²) in [5, 5.41) is 0.919. The number of carbonyl (C=O) groups excluding carboxylic acids is 1. The highest BCUT2D eigenvalue weighted by Gasteiger charge is 2.35. The number of ether oxygens (including phenoxy) is 4. The van der Waals surface area contributed by atoms with Crippen molar-refractivity contribution < 1.29 is 23.7 Å². The van der Waals surface area contributed by atoms with E-state index in [9.17, 15) is 9.59 Å². The van der Waals surface area contributed by atoms with Crippen LogP contribution in [-0.4, -0.2) is 30.4 Å². The molecule has 0 aliphatic carbocycles. The molecule has 1 atom stereocenters. The van der Waals surface area contributed by atoms with E-state index < -0.39 is 12.0 Å². The number of fused-ring (bicyclic) bond motifs is 1. The minimum atomic E-state index is -0.792. The largest absolute Gasteiger partial charge is 0.493 e. The van der Waals surface area contributed by atoms with Crippen molar-refractivity contribution in [2.24, 2.45) is 4.99 Å². The van der Waals surface area contributed by atoms with Crippen LogP contribution in [0.3, 0.4) is 0 Å². The van der Waals surface area contributed by atoms with Crippen molar-refractivity contribution in [3.05, 3.63) is 116 Å². The zero-order valence-electron chi connectivity index (χ0n) is 25.7. The third-order valence-corrected chi connectivity index (χ3v) is 9.53. The third kappa shape index (κ3) is 7.15. The summed E-state index contributed by atoms with van der Waals surface area (Å²) in [5.74, 6) is 1.11. The molecule has 4 aromatic rings. The summed E-state index contributed by atoms with van der Waals surface area (Å²) < 4.78 is 26.1. The van der Waals surface area contributed by atoms with Gasteiger partial charge in [-0.3, -0.25) is 9.36 Å². The Labute approximate surface area is 294 Å². The van der Waals surface area contributed by atoms with E-state index in [1.54, 1.807) is 43.7 Å². The number of hydrogen-bond donors (Lipinski definition) is 0. The highest BCUT2D eigenvalue weighted by molar-refractivity contribution is 14.1. The summed E-state index contributed by atoms with van der Waals surface area (Å²) >= 11 is 15.6. The number of thiazole rings is 1. The minimum absolute atomic E-state index is 0.124. The smallest absolute Gasteiger partial charge is 0.338 e. The first-order valence-corrected chi connectivity index (χ1v) is 17.1. The van der Waals surface area contributed by atoms with Crippen LogP contribution in [0.1, 0.15) is 50.4 Å². The predicted octanol–water partition coefficient (Wildman–Crippen LogP) is 7.08. The number of nitrogens with zero attached hydrogens (tertiary/aromatic N) is 2. The van der Waals surface area contributed by atoms with Crippen LogP contribution in [0.25, 0.3) is 6.08 Å². The average Bonchev–Trinajstić information content (AvgIpc) is 3.31. The summed E-state index contributed by atoms with van der Waals surface area (Å²) in [6, 6.07) is 15.7. The number of para-hydroxylation sites is 1.